The summed E-state index contributed by atoms with van der Waals surface area (Å²) in [4.78, 5) is 40.7. The Labute approximate surface area is 269 Å². The van der Waals surface area contributed by atoms with E-state index in [2.05, 4.69) is 24.3 Å². The molecule has 3 heterocycles. The van der Waals surface area contributed by atoms with Crippen molar-refractivity contribution in [1.82, 2.24) is 0 Å². The maximum atomic E-state index is 14.1. The van der Waals surface area contributed by atoms with Crippen LogP contribution in [0.1, 0.15) is 64.5 Å². The molecule has 3 aromatic rings. The van der Waals surface area contributed by atoms with Gasteiger partial charge in [-0.05, 0) is 77.6 Å². The number of fused-ring (bicyclic) bond motifs is 3. The van der Waals surface area contributed by atoms with Gasteiger partial charge >= 0.3 is 17.9 Å². The summed E-state index contributed by atoms with van der Waals surface area (Å²) in [5.74, 6) is -3.40. The lowest BCUT2D eigenvalue weighted by molar-refractivity contribution is -0.165. The van der Waals surface area contributed by atoms with E-state index in [9.17, 15) is 27.4 Å². The van der Waals surface area contributed by atoms with Crippen molar-refractivity contribution in [2.75, 3.05) is 0 Å². The molecule has 3 aliphatic heterocycles. The molecule has 10 rings (SSSR count). The Hall–Kier alpha value is -3.67. The van der Waals surface area contributed by atoms with Crippen molar-refractivity contribution in [2.45, 2.75) is 71.5 Å². The Balaban J connectivity index is 0.998. The molecular weight excluding hydrogens is 629 g/mol. The predicted octanol–water partition coefficient (Wildman–Crippen LogP) is 4.24. The largest absolute Gasteiger partial charge is 0.744 e. The first kappa shape index (κ1) is 28.5. The lowest BCUT2D eigenvalue weighted by atomic mass is 9.59. The van der Waals surface area contributed by atoms with Gasteiger partial charge in [-0.1, -0.05) is 48.5 Å². The van der Waals surface area contributed by atoms with Crippen molar-refractivity contribution in [3.8, 4) is 5.75 Å². The number of carbonyl (C=O) groups is 3. The van der Waals surface area contributed by atoms with Gasteiger partial charge in [-0.3, -0.25) is 14.4 Å². The number of hydrogen-bond acceptors (Lipinski definition) is 10. The molecule has 0 spiro atoms. The molecule has 0 saturated carbocycles. The fourth-order valence-corrected chi connectivity index (χ4v) is 11.9. The summed E-state index contributed by atoms with van der Waals surface area (Å²) in [5.41, 5.74) is 5.68. The van der Waals surface area contributed by atoms with Crippen LogP contribution in [-0.4, -0.2) is 53.6 Å². The van der Waals surface area contributed by atoms with Crippen LogP contribution in [0, 0.1) is 17.8 Å². The molecule has 0 aromatic heterocycles. The van der Waals surface area contributed by atoms with Crippen LogP contribution in [0.25, 0.3) is 0 Å². The number of hydrogen-bond donors (Lipinski definition) is 0. The Kier molecular flexibility index (Phi) is 6.31. The van der Waals surface area contributed by atoms with Crippen molar-refractivity contribution in [3.05, 3.63) is 94.0 Å². The van der Waals surface area contributed by atoms with E-state index in [0.29, 0.717) is 30.4 Å². The van der Waals surface area contributed by atoms with Gasteiger partial charge in [-0.2, -0.15) is 0 Å². The minimum Gasteiger partial charge on any atom is -0.744 e. The molecule has 0 amide bonds. The van der Waals surface area contributed by atoms with Crippen LogP contribution < -0.4 is 4.74 Å². The van der Waals surface area contributed by atoms with E-state index in [1.807, 2.05) is 24.3 Å². The monoisotopic (exact) mass is 657 g/mol. The highest BCUT2D eigenvalue weighted by atomic mass is 32.2. The number of rotatable bonds is 5. The molecule has 9 nitrogen and oxygen atoms in total. The topological polar surface area (TPSA) is 136 Å². The van der Waals surface area contributed by atoms with Crippen LogP contribution in [0.15, 0.2) is 65.6 Å². The van der Waals surface area contributed by atoms with E-state index >= 15 is 0 Å². The zero-order valence-corrected chi connectivity index (χ0v) is 26.1. The third kappa shape index (κ3) is 4.04. The van der Waals surface area contributed by atoms with Crippen molar-refractivity contribution >= 4 is 39.8 Å². The van der Waals surface area contributed by atoms with E-state index in [1.165, 1.54) is 35.0 Å². The summed E-state index contributed by atoms with van der Waals surface area (Å²) >= 11 is 1.44. The fourth-order valence-electron chi connectivity index (χ4n) is 9.14. The van der Waals surface area contributed by atoms with Crippen LogP contribution in [0.3, 0.4) is 0 Å². The average Bonchev–Trinajstić information content (AvgIpc) is 3.68. The van der Waals surface area contributed by atoms with Crippen LogP contribution in [0.5, 0.6) is 5.75 Å². The first-order valence-electron chi connectivity index (χ1n) is 15.8. The van der Waals surface area contributed by atoms with Crippen molar-refractivity contribution in [2.24, 2.45) is 17.8 Å². The van der Waals surface area contributed by atoms with Gasteiger partial charge in [0.25, 0.3) is 0 Å². The predicted molar refractivity (Wildman–Crippen MR) is 163 cm³/mol. The quantitative estimate of drug-likeness (QED) is 0.223. The second-order valence-corrected chi connectivity index (χ2v) is 15.9. The summed E-state index contributed by atoms with van der Waals surface area (Å²) in [5, 5.41) is -0.862. The zero-order valence-electron chi connectivity index (χ0n) is 24.5. The van der Waals surface area contributed by atoms with Crippen molar-refractivity contribution in [3.63, 3.8) is 0 Å². The van der Waals surface area contributed by atoms with Gasteiger partial charge in [0.2, 0.25) is 0 Å². The summed E-state index contributed by atoms with van der Waals surface area (Å²) in [6.45, 7) is 0. The van der Waals surface area contributed by atoms with Crippen LogP contribution in [0.4, 0.5) is 0 Å². The smallest absolute Gasteiger partial charge is 0.316 e. The molecule has 3 saturated heterocycles. The van der Waals surface area contributed by atoms with Crippen molar-refractivity contribution < 1.29 is 41.6 Å². The van der Waals surface area contributed by atoms with Gasteiger partial charge in [-0.15, -0.1) is 11.8 Å². The fraction of sp³-hybridized carbons (Fsp3) is 0.400. The molecule has 11 heteroatoms. The molecule has 3 fully saturated rings. The van der Waals surface area contributed by atoms with E-state index in [-0.39, 0.29) is 33.7 Å². The Morgan fingerprint density at radius 3 is 2.17 bits per heavy atom. The highest BCUT2D eigenvalue weighted by molar-refractivity contribution is 8.01. The Morgan fingerprint density at radius 2 is 1.50 bits per heavy atom. The van der Waals surface area contributed by atoms with Gasteiger partial charge in [0.05, 0.1) is 33.1 Å². The molecule has 0 N–H and O–H groups in total. The molecule has 236 valence electrons. The van der Waals surface area contributed by atoms with E-state index in [4.69, 9.17) is 14.2 Å². The number of benzene rings is 3. The standard InChI is InChI=1S/C35H30O9S2/c36-33(23-15-22-16-7-1-5-11-20(16)26(23)21-12-6-2-8-17(21)22)43-29-30-32-28(35(38)44-30)27(31(29)45-32)34(37)42-24-13-14-25(46(39,40)41)19-10-4-3-9-18(19)24/h1-2,5-8,11-14,22-23,26-32H,3-4,9-10,15H2,(H,39,40,41)/p-1. The van der Waals surface area contributed by atoms with Crippen molar-refractivity contribution in [1.29, 1.82) is 0 Å². The molecule has 7 aliphatic rings. The summed E-state index contributed by atoms with van der Waals surface area (Å²) in [6, 6.07) is 19.0. The average molecular weight is 658 g/mol. The van der Waals surface area contributed by atoms with Crippen LogP contribution in [-0.2, 0) is 46.8 Å². The summed E-state index contributed by atoms with van der Waals surface area (Å²) < 4.78 is 53.6. The first-order chi connectivity index (χ1) is 22.2. The zero-order chi connectivity index (χ0) is 31.5. The first-order valence-corrected chi connectivity index (χ1v) is 18.1. The number of ether oxygens (including phenoxy) is 3. The Bertz CT molecular complexity index is 1910. The lowest BCUT2D eigenvalue weighted by Gasteiger charge is -2.44. The second kappa shape index (κ2) is 10.2. The molecule has 4 aliphatic carbocycles. The second-order valence-electron chi connectivity index (χ2n) is 13.2. The normalized spacial score (nSPS) is 32.7. The number of carbonyl (C=O) groups excluding carboxylic acids is 3. The molecule has 46 heavy (non-hydrogen) atoms. The van der Waals surface area contributed by atoms with Gasteiger partial charge in [0, 0.05) is 11.8 Å². The Morgan fingerprint density at radius 1 is 0.848 bits per heavy atom. The van der Waals surface area contributed by atoms with Gasteiger partial charge < -0.3 is 18.8 Å². The molecule has 4 bridgehead atoms. The highest BCUT2D eigenvalue weighted by Crippen LogP contribution is 2.60. The maximum absolute atomic E-state index is 14.1. The van der Waals surface area contributed by atoms with Crippen LogP contribution in [0.2, 0.25) is 0 Å². The van der Waals surface area contributed by atoms with Gasteiger partial charge in [0.15, 0.2) is 12.2 Å². The SMILES string of the molecule is O=C(OC1C2OC(=O)C3C2SC1C3C(=O)Oc1ccc(S(=O)(=O)[O-])c2c1CCCC2)C1CC2c3ccccc3C1c1ccccc12. The lowest BCUT2D eigenvalue weighted by Crippen LogP contribution is -2.49. The molecule has 0 radical (unpaired) electrons. The van der Waals surface area contributed by atoms with Crippen LogP contribution >= 0.6 is 11.8 Å². The molecule has 7 unspecified atom stereocenters. The van der Waals surface area contributed by atoms with Gasteiger partial charge in [-0.25, -0.2) is 8.42 Å². The minimum absolute atomic E-state index is 0.0784. The molecule has 3 aromatic carbocycles. The summed E-state index contributed by atoms with van der Waals surface area (Å²) in [7, 11) is -4.69. The maximum Gasteiger partial charge on any atom is 0.316 e. The molecular formula is C35H29O9S2-. The third-order valence-corrected chi connectivity index (χ3v) is 13.6. The highest BCUT2D eigenvalue weighted by Gasteiger charge is 2.71. The summed E-state index contributed by atoms with van der Waals surface area (Å²) in [6.07, 6.45) is 1.54. The minimum atomic E-state index is -4.69. The number of esters is 3. The van der Waals surface area contributed by atoms with E-state index in [0.717, 1.165) is 24.0 Å². The van der Waals surface area contributed by atoms with E-state index < -0.39 is 57.3 Å². The number of thioether (sulfide) groups is 1. The third-order valence-electron chi connectivity index (χ3n) is 11.0. The molecule has 7 atom stereocenters. The van der Waals surface area contributed by atoms with Gasteiger partial charge in [0.1, 0.15) is 15.9 Å². The van der Waals surface area contributed by atoms with E-state index in [1.54, 1.807) is 0 Å².